The van der Waals surface area contributed by atoms with Gasteiger partial charge in [-0.3, -0.25) is 9.59 Å². The second-order valence-electron chi connectivity index (χ2n) is 9.17. The number of halogens is 1. The number of hydrogen-bond donors (Lipinski definition) is 2. The number of aromatic amines is 1. The highest BCUT2D eigenvalue weighted by Crippen LogP contribution is 2.44. The molecule has 8 nitrogen and oxygen atoms in total. The summed E-state index contributed by atoms with van der Waals surface area (Å²) in [6.07, 6.45) is -0.972. The van der Waals surface area contributed by atoms with E-state index in [2.05, 4.69) is 34.8 Å². The fourth-order valence-electron chi connectivity index (χ4n) is 4.86. The molecule has 0 radical (unpaired) electrons. The first-order valence-electron chi connectivity index (χ1n) is 11.1. The van der Waals surface area contributed by atoms with Gasteiger partial charge in [0.15, 0.2) is 12.4 Å². The van der Waals surface area contributed by atoms with E-state index in [1.807, 2.05) is 24.3 Å². The number of ether oxygens (including phenoxy) is 1. The number of aromatic nitrogens is 1. The lowest BCUT2D eigenvalue weighted by molar-refractivity contribution is -0.134. The molecule has 2 heterocycles. The van der Waals surface area contributed by atoms with Gasteiger partial charge in [0.1, 0.15) is 5.75 Å². The topological polar surface area (TPSA) is 103 Å². The predicted molar refractivity (Wildman–Crippen MR) is 130 cm³/mol. The van der Waals surface area contributed by atoms with Gasteiger partial charge in [-0.25, -0.2) is 4.79 Å². The molecule has 0 spiro atoms. The van der Waals surface area contributed by atoms with E-state index >= 15 is 0 Å². The van der Waals surface area contributed by atoms with Crippen LogP contribution in [0.1, 0.15) is 41.0 Å². The molecule has 3 aromatic rings. The number of fused-ring (bicyclic) bond motifs is 4. The number of carboxylic acid groups (broad SMARTS) is 1. The minimum Gasteiger partial charge on any atom is -0.484 e. The van der Waals surface area contributed by atoms with Gasteiger partial charge in [-0.15, -0.1) is 0 Å². The molecule has 0 unspecified atom stereocenters. The lowest BCUT2D eigenvalue weighted by Gasteiger charge is -2.33. The van der Waals surface area contributed by atoms with Crippen LogP contribution < -0.4 is 4.74 Å². The first kappa shape index (κ1) is 22.5. The number of amides is 2. The number of benzene rings is 2. The van der Waals surface area contributed by atoms with Crippen LogP contribution in [-0.4, -0.2) is 70.5 Å². The Hall–Kier alpha value is -3.33. The van der Waals surface area contributed by atoms with Gasteiger partial charge < -0.3 is 24.6 Å². The van der Waals surface area contributed by atoms with E-state index in [9.17, 15) is 14.4 Å². The van der Waals surface area contributed by atoms with Gasteiger partial charge in [0.2, 0.25) is 0 Å². The largest absolute Gasteiger partial charge is 0.484 e. The Kier molecular flexibility index (Phi) is 5.39. The molecule has 2 amide bonds. The normalized spacial score (nSPS) is 16.9. The summed E-state index contributed by atoms with van der Waals surface area (Å²) in [5.74, 6) is 0.290. The number of carbonyl (C=O) groups is 3. The van der Waals surface area contributed by atoms with E-state index < -0.39 is 11.5 Å². The molecule has 1 aromatic heterocycles. The minimum absolute atomic E-state index is 0.0307. The number of piperazine rings is 1. The van der Waals surface area contributed by atoms with Crippen LogP contribution in [0, 0.1) is 0 Å². The Morgan fingerprint density at radius 3 is 2.50 bits per heavy atom. The van der Waals surface area contributed by atoms with Crippen LogP contribution in [0.3, 0.4) is 0 Å². The molecule has 1 saturated heterocycles. The molecule has 0 bridgehead atoms. The number of ketones is 1. The van der Waals surface area contributed by atoms with Crippen molar-refractivity contribution in [3.05, 3.63) is 63.3 Å². The van der Waals surface area contributed by atoms with Crippen LogP contribution >= 0.6 is 15.9 Å². The maximum absolute atomic E-state index is 13.4. The molecule has 1 aliphatic heterocycles. The van der Waals surface area contributed by atoms with Crippen LogP contribution in [0.5, 0.6) is 5.75 Å². The summed E-state index contributed by atoms with van der Waals surface area (Å²) in [5.41, 5.74) is 3.46. The average Bonchev–Trinajstić information content (AvgIpc) is 3.21. The van der Waals surface area contributed by atoms with E-state index in [1.54, 1.807) is 17.0 Å². The fraction of sp³-hybridized carbons (Fsp3) is 0.320. The Balaban J connectivity index is 1.37. The molecule has 34 heavy (non-hydrogen) atoms. The minimum atomic E-state index is -0.972. The zero-order valence-electron chi connectivity index (χ0n) is 18.9. The number of nitrogens with one attached hydrogen (secondary N) is 1. The average molecular weight is 526 g/mol. The lowest BCUT2D eigenvalue weighted by Crippen LogP contribution is -2.51. The van der Waals surface area contributed by atoms with E-state index in [-0.39, 0.29) is 18.3 Å². The molecule has 2 N–H and O–H groups in total. The SMILES string of the molecule is CC1(C)c2cc(OCC(=O)N3CCN(C(=O)O)CC3)ccc2C(=O)c2c1[nH]c1cc(Br)ccc21. The Labute approximate surface area is 204 Å². The van der Waals surface area contributed by atoms with Crippen molar-refractivity contribution >= 4 is 44.6 Å². The Morgan fingerprint density at radius 2 is 1.79 bits per heavy atom. The highest BCUT2D eigenvalue weighted by Gasteiger charge is 2.40. The molecular weight excluding hydrogens is 502 g/mol. The first-order valence-corrected chi connectivity index (χ1v) is 11.9. The van der Waals surface area contributed by atoms with Crippen molar-refractivity contribution in [1.82, 2.24) is 14.8 Å². The maximum atomic E-state index is 13.4. The van der Waals surface area contributed by atoms with Crippen LogP contribution in [0.2, 0.25) is 0 Å². The molecule has 9 heteroatoms. The standard InChI is InChI=1S/C25H24BrN3O5/c1-25(2)18-12-15(34-13-20(30)28-7-9-29(10-8-28)24(32)33)4-6-16(18)22(31)21-17-5-3-14(26)11-19(17)27-23(21)25/h3-6,11-12,27H,7-10,13H2,1-2H3,(H,32,33). The summed E-state index contributed by atoms with van der Waals surface area (Å²) in [7, 11) is 0. The van der Waals surface area contributed by atoms with E-state index in [4.69, 9.17) is 9.84 Å². The second kappa shape index (κ2) is 8.16. The Bertz CT molecular complexity index is 1340. The number of rotatable bonds is 3. The molecule has 2 aliphatic rings. The monoisotopic (exact) mass is 525 g/mol. The van der Waals surface area contributed by atoms with Gasteiger partial charge in [-0.2, -0.15) is 0 Å². The van der Waals surface area contributed by atoms with Crippen LogP contribution in [0.25, 0.3) is 10.9 Å². The van der Waals surface area contributed by atoms with Crippen molar-refractivity contribution in [2.45, 2.75) is 19.3 Å². The molecule has 2 aromatic carbocycles. The summed E-state index contributed by atoms with van der Waals surface area (Å²) >= 11 is 3.49. The molecule has 176 valence electrons. The molecule has 1 fully saturated rings. The van der Waals surface area contributed by atoms with Gasteiger partial charge in [0, 0.05) is 58.2 Å². The number of nitrogens with zero attached hydrogens (tertiary/aromatic N) is 2. The zero-order valence-corrected chi connectivity index (χ0v) is 20.4. The van der Waals surface area contributed by atoms with Gasteiger partial charge in [-0.1, -0.05) is 35.8 Å². The third-order valence-corrected chi connectivity index (χ3v) is 7.28. The molecule has 1 aliphatic carbocycles. The smallest absolute Gasteiger partial charge is 0.407 e. The van der Waals surface area contributed by atoms with Crippen LogP contribution in [-0.2, 0) is 10.2 Å². The van der Waals surface area contributed by atoms with Crippen molar-refractivity contribution < 1.29 is 24.2 Å². The van der Waals surface area contributed by atoms with Crippen molar-refractivity contribution in [3.63, 3.8) is 0 Å². The molecule has 0 atom stereocenters. The highest BCUT2D eigenvalue weighted by atomic mass is 79.9. The fourth-order valence-corrected chi connectivity index (χ4v) is 5.22. The quantitative estimate of drug-likeness (QED) is 0.537. The van der Waals surface area contributed by atoms with Crippen molar-refractivity contribution in [2.75, 3.05) is 32.8 Å². The summed E-state index contributed by atoms with van der Waals surface area (Å²) in [5, 5.41) is 9.96. The first-order chi connectivity index (χ1) is 16.2. The third-order valence-electron chi connectivity index (χ3n) is 6.79. The maximum Gasteiger partial charge on any atom is 0.407 e. The summed E-state index contributed by atoms with van der Waals surface area (Å²) in [4.78, 5) is 43.4. The van der Waals surface area contributed by atoms with Crippen LogP contribution in [0.4, 0.5) is 4.79 Å². The van der Waals surface area contributed by atoms with E-state index in [1.165, 1.54) is 4.90 Å². The van der Waals surface area contributed by atoms with Crippen molar-refractivity contribution in [1.29, 1.82) is 0 Å². The molecule has 0 saturated carbocycles. The van der Waals surface area contributed by atoms with E-state index in [0.717, 1.165) is 26.6 Å². The second-order valence-corrected chi connectivity index (χ2v) is 10.1. The number of H-pyrrole nitrogens is 1. The lowest BCUT2D eigenvalue weighted by atomic mass is 9.71. The predicted octanol–water partition coefficient (Wildman–Crippen LogP) is 4.00. The van der Waals surface area contributed by atoms with Crippen LogP contribution in [0.15, 0.2) is 40.9 Å². The van der Waals surface area contributed by atoms with E-state index in [0.29, 0.717) is 43.1 Å². The summed E-state index contributed by atoms with van der Waals surface area (Å²) < 4.78 is 6.74. The number of carbonyl (C=O) groups excluding carboxylic acids is 2. The zero-order chi connectivity index (χ0) is 24.2. The van der Waals surface area contributed by atoms with Gasteiger partial charge >= 0.3 is 6.09 Å². The van der Waals surface area contributed by atoms with Gasteiger partial charge in [0.25, 0.3) is 5.91 Å². The summed E-state index contributed by atoms with van der Waals surface area (Å²) in [6.45, 7) is 5.26. The third kappa shape index (κ3) is 3.64. The van der Waals surface area contributed by atoms with Gasteiger partial charge in [0.05, 0.1) is 5.56 Å². The molecular formula is C25H24BrN3O5. The Morgan fingerprint density at radius 1 is 1.09 bits per heavy atom. The summed E-state index contributed by atoms with van der Waals surface area (Å²) in [6, 6.07) is 11.2. The van der Waals surface area contributed by atoms with Crippen molar-refractivity contribution in [3.8, 4) is 5.75 Å². The van der Waals surface area contributed by atoms with Crippen molar-refractivity contribution in [2.24, 2.45) is 0 Å². The van der Waals surface area contributed by atoms with Gasteiger partial charge in [-0.05, 0) is 35.9 Å². The number of hydrogen-bond acceptors (Lipinski definition) is 4. The molecule has 5 rings (SSSR count). The highest BCUT2D eigenvalue weighted by molar-refractivity contribution is 9.10.